The standard InChI is InChI=1S/C21H26N2O4/c1-20(2,3)27-19(26)22-23-21(18(24)25,14-16-10-6-4-7-11-16)15-17-12-8-5-9-13-17/h4-13,23H,14-15H2,1-3H3,(H,22,26)(H,24,25). The zero-order valence-corrected chi connectivity index (χ0v) is 15.9. The second-order valence-corrected chi connectivity index (χ2v) is 7.46. The number of aliphatic carboxylic acids is 1. The minimum Gasteiger partial charge on any atom is -0.480 e. The van der Waals surface area contributed by atoms with Crippen LogP contribution < -0.4 is 10.9 Å². The predicted octanol–water partition coefficient (Wildman–Crippen LogP) is 3.32. The second-order valence-electron chi connectivity index (χ2n) is 7.46. The van der Waals surface area contributed by atoms with E-state index in [0.29, 0.717) is 0 Å². The maximum absolute atomic E-state index is 12.3. The van der Waals surface area contributed by atoms with E-state index in [1.807, 2.05) is 60.7 Å². The van der Waals surface area contributed by atoms with Crippen LogP contribution in [0.4, 0.5) is 4.79 Å². The Bertz CT molecular complexity index is 713. The van der Waals surface area contributed by atoms with Crippen LogP contribution in [0.5, 0.6) is 0 Å². The Labute approximate surface area is 159 Å². The van der Waals surface area contributed by atoms with Gasteiger partial charge in [-0.25, -0.2) is 10.2 Å². The van der Waals surface area contributed by atoms with Gasteiger partial charge in [0, 0.05) is 12.8 Å². The van der Waals surface area contributed by atoms with Crippen LogP contribution in [0.2, 0.25) is 0 Å². The zero-order valence-electron chi connectivity index (χ0n) is 15.9. The van der Waals surface area contributed by atoms with Gasteiger partial charge >= 0.3 is 12.1 Å². The molecule has 6 heteroatoms. The van der Waals surface area contributed by atoms with Gasteiger partial charge in [-0.2, -0.15) is 0 Å². The molecule has 2 aromatic carbocycles. The number of carboxylic acid groups (broad SMARTS) is 1. The predicted molar refractivity (Wildman–Crippen MR) is 103 cm³/mol. The SMILES string of the molecule is CC(C)(C)OC(=O)NNC(Cc1ccccc1)(Cc1ccccc1)C(=O)O. The molecule has 0 atom stereocenters. The molecular formula is C21H26N2O4. The van der Waals surface area contributed by atoms with Crippen molar-refractivity contribution in [3.05, 3.63) is 71.8 Å². The van der Waals surface area contributed by atoms with Crippen molar-refractivity contribution in [3.63, 3.8) is 0 Å². The number of carboxylic acids is 1. The van der Waals surface area contributed by atoms with Gasteiger partial charge in [-0.3, -0.25) is 10.2 Å². The summed E-state index contributed by atoms with van der Waals surface area (Å²) in [5, 5.41) is 10.0. The van der Waals surface area contributed by atoms with Gasteiger partial charge in [0.15, 0.2) is 0 Å². The van der Waals surface area contributed by atoms with Gasteiger partial charge in [-0.1, -0.05) is 60.7 Å². The Balaban J connectivity index is 2.27. The quantitative estimate of drug-likeness (QED) is 0.651. The summed E-state index contributed by atoms with van der Waals surface area (Å²) in [4.78, 5) is 24.3. The van der Waals surface area contributed by atoms with E-state index >= 15 is 0 Å². The van der Waals surface area contributed by atoms with E-state index in [1.54, 1.807) is 20.8 Å². The number of carbonyl (C=O) groups excluding carboxylic acids is 1. The molecule has 0 unspecified atom stereocenters. The van der Waals surface area contributed by atoms with Crippen molar-refractivity contribution in [1.29, 1.82) is 0 Å². The third kappa shape index (κ3) is 6.42. The summed E-state index contributed by atoms with van der Waals surface area (Å²) < 4.78 is 5.21. The van der Waals surface area contributed by atoms with Crippen LogP contribution in [-0.2, 0) is 22.4 Å². The number of rotatable bonds is 7. The van der Waals surface area contributed by atoms with Crippen molar-refractivity contribution in [1.82, 2.24) is 10.9 Å². The van der Waals surface area contributed by atoms with Crippen LogP contribution in [0.25, 0.3) is 0 Å². The largest absolute Gasteiger partial charge is 0.480 e. The molecule has 3 N–H and O–H groups in total. The molecule has 144 valence electrons. The summed E-state index contributed by atoms with van der Waals surface area (Å²) in [6.07, 6.45) is -0.351. The summed E-state index contributed by atoms with van der Waals surface area (Å²) in [5.41, 5.74) is 4.71. The van der Waals surface area contributed by atoms with E-state index in [4.69, 9.17) is 4.74 Å². The summed E-state index contributed by atoms with van der Waals surface area (Å²) in [6, 6.07) is 18.6. The minimum absolute atomic E-state index is 0.188. The molecular weight excluding hydrogens is 344 g/mol. The van der Waals surface area contributed by atoms with E-state index in [2.05, 4.69) is 10.9 Å². The third-order valence-corrected chi connectivity index (χ3v) is 3.91. The monoisotopic (exact) mass is 370 g/mol. The van der Waals surface area contributed by atoms with Gasteiger partial charge in [0.05, 0.1) is 0 Å². The highest BCUT2D eigenvalue weighted by Gasteiger charge is 2.39. The fourth-order valence-electron chi connectivity index (χ4n) is 2.72. The molecule has 1 amide bonds. The highest BCUT2D eigenvalue weighted by atomic mass is 16.6. The van der Waals surface area contributed by atoms with Crippen molar-refractivity contribution < 1.29 is 19.4 Å². The number of amides is 1. The van der Waals surface area contributed by atoms with Gasteiger partial charge in [0.1, 0.15) is 11.1 Å². The Hall–Kier alpha value is -2.86. The summed E-state index contributed by atoms with van der Waals surface area (Å²) >= 11 is 0. The minimum atomic E-state index is -1.43. The molecule has 0 spiro atoms. The van der Waals surface area contributed by atoms with Crippen LogP contribution >= 0.6 is 0 Å². The Morgan fingerprint density at radius 2 is 1.33 bits per heavy atom. The molecule has 0 aliphatic rings. The lowest BCUT2D eigenvalue weighted by Gasteiger charge is -2.31. The number of ether oxygens (including phenoxy) is 1. The first-order chi connectivity index (χ1) is 12.7. The van der Waals surface area contributed by atoms with E-state index in [1.165, 1.54) is 0 Å². The first-order valence-corrected chi connectivity index (χ1v) is 8.78. The van der Waals surface area contributed by atoms with Crippen molar-refractivity contribution in [2.24, 2.45) is 0 Å². The molecule has 6 nitrogen and oxygen atoms in total. The molecule has 27 heavy (non-hydrogen) atoms. The van der Waals surface area contributed by atoms with Gasteiger partial charge in [0.25, 0.3) is 0 Å². The molecule has 0 fully saturated rings. The fourth-order valence-corrected chi connectivity index (χ4v) is 2.72. The Morgan fingerprint density at radius 3 is 1.70 bits per heavy atom. The molecule has 0 radical (unpaired) electrons. The second kappa shape index (κ2) is 8.68. The summed E-state index contributed by atoms with van der Waals surface area (Å²) in [5.74, 6) is -1.06. The third-order valence-electron chi connectivity index (χ3n) is 3.91. The van der Waals surface area contributed by atoms with E-state index < -0.39 is 23.2 Å². The smallest absolute Gasteiger partial charge is 0.422 e. The maximum atomic E-state index is 12.3. The van der Waals surface area contributed by atoms with Crippen molar-refractivity contribution in [2.45, 2.75) is 44.8 Å². The zero-order chi connectivity index (χ0) is 19.9. The van der Waals surface area contributed by atoms with Gasteiger partial charge in [-0.15, -0.1) is 0 Å². The molecule has 0 saturated carbocycles. The fraction of sp³-hybridized carbons (Fsp3) is 0.333. The lowest BCUT2D eigenvalue weighted by molar-refractivity contribution is -0.145. The number of nitrogens with one attached hydrogen (secondary N) is 2. The van der Waals surface area contributed by atoms with Crippen LogP contribution in [0.15, 0.2) is 60.7 Å². The van der Waals surface area contributed by atoms with E-state index in [-0.39, 0.29) is 12.8 Å². The molecule has 0 bridgehead atoms. The van der Waals surface area contributed by atoms with Crippen LogP contribution in [0, 0.1) is 0 Å². The average Bonchev–Trinajstić information content (AvgIpc) is 2.60. The first kappa shape index (κ1) is 20.5. The topological polar surface area (TPSA) is 87.7 Å². The lowest BCUT2D eigenvalue weighted by Crippen LogP contribution is -2.62. The maximum Gasteiger partial charge on any atom is 0.422 e. The van der Waals surface area contributed by atoms with Crippen molar-refractivity contribution in [2.75, 3.05) is 0 Å². The molecule has 2 rings (SSSR count). The Morgan fingerprint density at radius 1 is 0.889 bits per heavy atom. The number of hydrogen-bond donors (Lipinski definition) is 3. The normalized spacial score (nSPS) is 11.7. The van der Waals surface area contributed by atoms with Gasteiger partial charge in [0.2, 0.25) is 0 Å². The molecule has 0 heterocycles. The highest BCUT2D eigenvalue weighted by Crippen LogP contribution is 2.20. The van der Waals surface area contributed by atoms with E-state index in [9.17, 15) is 14.7 Å². The highest BCUT2D eigenvalue weighted by molar-refractivity contribution is 5.80. The van der Waals surface area contributed by atoms with Crippen LogP contribution in [0.3, 0.4) is 0 Å². The lowest BCUT2D eigenvalue weighted by atomic mass is 9.85. The molecule has 0 aromatic heterocycles. The van der Waals surface area contributed by atoms with Gasteiger partial charge < -0.3 is 9.84 Å². The molecule has 0 aliphatic carbocycles. The first-order valence-electron chi connectivity index (χ1n) is 8.78. The molecule has 2 aromatic rings. The van der Waals surface area contributed by atoms with Gasteiger partial charge in [-0.05, 0) is 31.9 Å². The van der Waals surface area contributed by atoms with Crippen molar-refractivity contribution >= 4 is 12.1 Å². The number of hydrazine groups is 1. The number of hydrogen-bond acceptors (Lipinski definition) is 4. The van der Waals surface area contributed by atoms with Crippen molar-refractivity contribution in [3.8, 4) is 0 Å². The van der Waals surface area contributed by atoms with Crippen LogP contribution in [-0.4, -0.2) is 28.3 Å². The summed E-state index contributed by atoms with van der Waals surface area (Å²) in [7, 11) is 0. The average molecular weight is 370 g/mol. The Kier molecular flexibility index (Phi) is 6.58. The number of benzene rings is 2. The summed E-state index contributed by atoms with van der Waals surface area (Å²) in [6.45, 7) is 5.22. The molecule has 0 saturated heterocycles. The number of carbonyl (C=O) groups is 2. The van der Waals surface area contributed by atoms with E-state index in [0.717, 1.165) is 11.1 Å². The molecule has 0 aliphatic heterocycles. The van der Waals surface area contributed by atoms with Crippen LogP contribution in [0.1, 0.15) is 31.9 Å².